The molecule has 1 aliphatic rings. The van der Waals surface area contributed by atoms with Crippen LogP contribution in [0.4, 0.5) is 22.7 Å². The number of rotatable bonds is 3. The molecule has 4 nitrogen and oxygen atoms in total. The van der Waals surface area contributed by atoms with Crippen LogP contribution in [0.2, 0.25) is 0 Å². The molecule has 0 aromatic heterocycles. The largest absolute Gasteiger partial charge is 0.492 e. The number of nitrogens with zero attached hydrogens (tertiary/aromatic N) is 2. The summed E-state index contributed by atoms with van der Waals surface area (Å²) in [5, 5.41) is 0. The minimum absolute atomic E-state index is 0.618. The zero-order valence-corrected chi connectivity index (χ0v) is 12.5. The highest BCUT2D eigenvalue weighted by molar-refractivity contribution is 5.85. The van der Waals surface area contributed by atoms with Crippen molar-refractivity contribution in [3.05, 3.63) is 42.5 Å². The van der Waals surface area contributed by atoms with Gasteiger partial charge in [-0.05, 0) is 31.2 Å². The third-order valence-corrected chi connectivity index (χ3v) is 3.88. The van der Waals surface area contributed by atoms with Crippen LogP contribution in [0, 0.1) is 0 Å². The Bertz CT molecular complexity index is 642. The maximum Gasteiger partial charge on any atom is 0.144 e. The lowest BCUT2D eigenvalue weighted by Crippen LogP contribution is -2.36. The van der Waals surface area contributed by atoms with Gasteiger partial charge < -0.3 is 20.3 Å². The van der Waals surface area contributed by atoms with E-state index >= 15 is 0 Å². The smallest absolute Gasteiger partial charge is 0.144 e. The van der Waals surface area contributed by atoms with Crippen molar-refractivity contribution >= 4 is 22.7 Å². The number of hydrogen-bond acceptors (Lipinski definition) is 4. The summed E-state index contributed by atoms with van der Waals surface area (Å²) in [5.41, 5.74) is 10.4. The zero-order chi connectivity index (χ0) is 14.8. The van der Waals surface area contributed by atoms with Crippen molar-refractivity contribution in [2.24, 2.45) is 0 Å². The number of fused-ring (bicyclic) bond motifs is 1. The first kappa shape index (κ1) is 13.6. The SMILES string of the molecule is CCOc1cccc(N2CCN(C)c3ccccc32)c1N. The molecule has 0 radical (unpaired) electrons. The van der Waals surface area contributed by atoms with Gasteiger partial charge in [-0.3, -0.25) is 0 Å². The zero-order valence-electron chi connectivity index (χ0n) is 12.5. The highest BCUT2D eigenvalue weighted by Gasteiger charge is 2.23. The summed E-state index contributed by atoms with van der Waals surface area (Å²) in [6.07, 6.45) is 0. The Balaban J connectivity index is 2.06. The Morgan fingerprint density at radius 3 is 2.48 bits per heavy atom. The molecule has 0 bridgehead atoms. The van der Waals surface area contributed by atoms with E-state index in [4.69, 9.17) is 10.5 Å². The van der Waals surface area contributed by atoms with Gasteiger partial charge in [0, 0.05) is 20.1 Å². The second-order valence-corrected chi connectivity index (χ2v) is 5.18. The number of benzene rings is 2. The van der Waals surface area contributed by atoms with Crippen molar-refractivity contribution in [1.82, 2.24) is 0 Å². The highest BCUT2D eigenvalue weighted by Crippen LogP contribution is 2.41. The van der Waals surface area contributed by atoms with Gasteiger partial charge >= 0.3 is 0 Å². The Kier molecular flexibility index (Phi) is 3.60. The van der Waals surface area contributed by atoms with E-state index in [1.54, 1.807) is 0 Å². The van der Waals surface area contributed by atoms with E-state index in [9.17, 15) is 0 Å². The van der Waals surface area contributed by atoms with Crippen LogP contribution in [0.1, 0.15) is 6.92 Å². The molecule has 21 heavy (non-hydrogen) atoms. The predicted molar refractivity (Wildman–Crippen MR) is 88.7 cm³/mol. The highest BCUT2D eigenvalue weighted by atomic mass is 16.5. The lowest BCUT2D eigenvalue weighted by atomic mass is 10.1. The molecule has 2 aromatic carbocycles. The number of hydrogen-bond donors (Lipinski definition) is 1. The maximum atomic E-state index is 6.31. The first-order valence-corrected chi connectivity index (χ1v) is 7.31. The molecule has 2 N–H and O–H groups in total. The number of nitrogens with two attached hydrogens (primary N) is 1. The Hall–Kier alpha value is -2.36. The quantitative estimate of drug-likeness (QED) is 0.878. The molecule has 0 saturated carbocycles. The first-order chi connectivity index (χ1) is 10.2. The summed E-state index contributed by atoms with van der Waals surface area (Å²) in [7, 11) is 2.12. The molecule has 0 aliphatic carbocycles. The van der Waals surface area contributed by atoms with Gasteiger partial charge in [-0.25, -0.2) is 0 Å². The van der Waals surface area contributed by atoms with Crippen molar-refractivity contribution in [1.29, 1.82) is 0 Å². The van der Waals surface area contributed by atoms with E-state index < -0.39 is 0 Å². The van der Waals surface area contributed by atoms with Gasteiger partial charge in [-0.1, -0.05) is 18.2 Å². The fraction of sp³-hybridized carbons (Fsp3) is 0.294. The van der Waals surface area contributed by atoms with Crippen LogP contribution in [-0.4, -0.2) is 26.7 Å². The van der Waals surface area contributed by atoms with Crippen molar-refractivity contribution in [2.45, 2.75) is 6.92 Å². The molecular weight excluding hydrogens is 262 g/mol. The van der Waals surface area contributed by atoms with Crippen LogP contribution >= 0.6 is 0 Å². The summed E-state index contributed by atoms with van der Waals surface area (Å²) >= 11 is 0. The molecule has 1 aliphatic heterocycles. The molecule has 4 heteroatoms. The van der Waals surface area contributed by atoms with Gasteiger partial charge in [-0.15, -0.1) is 0 Å². The Labute approximate surface area is 125 Å². The minimum atomic E-state index is 0.618. The number of nitrogen functional groups attached to an aromatic ring is 1. The maximum absolute atomic E-state index is 6.31. The molecular formula is C17H21N3O. The molecule has 0 saturated heterocycles. The Morgan fingerprint density at radius 1 is 1.00 bits per heavy atom. The first-order valence-electron chi connectivity index (χ1n) is 7.31. The molecule has 0 atom stereocenters. The van der Waals surface area contributed by atoms with Crippen molar-refractivity contribution in [3.63, 3.8) is 0 Å². The summed E-state index contributed by atoms with van der Waals surface area (Å²) in [5.74, 6) is 0.756. The van der Waals surface area contributed by atoms with E-state index in [0.717, 1.165) is 24.5 Å². The molecule has 0 unspecified atom stereocenters. The molecule has 2 aromatic rings. The van der Waals surface area contributed by atoms with Crippen LogP contribution in [0.15, 0.2) is 42.5 Å². The van der Waals surface area contributed by atoms with E-state index in [2.05, 4.69) is 47.2 Å². The molecule has 0 spiro atoms. The average Bonchev–Trinajstić information content (AvgIpc) is 2.51. The van der Waals surface area contributed by atoms with Gasteiger partial charge in [-0.2, -0.15) is 0 Å². The van der Waals surface area contributed by atoms with Gasteiger partial charge in [0.1, 0.15) is 5.75 Å². The van der Waals surface area contributed by atoms with Crippen LogP contribution < -0.4 is 20.3 Å². The topological polar surface area (TPSA) is 41.7 Å². The fourth-order valence-corrected chi connectivity index (χ4v) is 2.81. The molecule has 3 rings (SSSR count). The van der Waals surface area contributed by atoms with E-state index in [0.29, 0.717) is 12.3 Å². The normalized spacial score (nSPS) is 14.0. The molecule has 0 fully saturated rings. The molecule has 110 valence electrons. The van der Waals surface area contributed by atoms with E-state index in [1.165, 1.54) is 11.4 Å². The standard InChI is InChI=1S/C17H21N3O/c1-3-21-16-10-6-9-15(17(16)18)20-12-11-19(2)13-7-4-5-8-14(13)20/h4-10H,3,11-12,18H2,1-2H3. The minimum Gasteiger partial charge on any atom is -0.492 e. The lowest BCUT2D eigenvalue weighted by Gasteiger charge is -2.37. The second kappa shape index (κ2) is 5.56. The Morgan fingerprint density at radius 2 is 1.71 bits per heavy atom. The van der Waals surface area contributed by atoms with E-state index in [-0.39, 0.29) is 0 Å². The molecule has 0 amide bonds. The van der Waals surface area contributed by atoms with Gasteiger partial charge in [0.05, 0.1) is 29.4 Å². The fourth-order valence-electron chi connectivity index (χ4n) is 2.81. The van der Waals surface area contributed by atoms with Crippen LogP contribution in [0.3, 0.4) is 0 Å². The summed E-state index contributed by atoms with van der Waals surface area (Å²) in [4.78, 5) is 4.54. The van der Waals surface area contributed by atoms with Gasteiger partial charge in [0.25, 0.3) is 0 Å². The summed E-state index contributed by atoms with van der Waals surface area (Å²) in [6, 6.07) is 14.4. The number of para-hydroxylation sites is 3. The third-order valence-electron chi connectivity index (χ3n) is 3.88. The number of anilines is 4. The third kappa shape index (κ3) is 2.37. The number of ether oxygens (including phenoxy) is 1. The van der Waals surface area contributed by atoms with E-state index in [1.807, 2.05) is 19.1 Å². The predicted octanol–water partition coefficient (Wildman–Crippen LogP) is 3.26. The second-order valence-electron chi connectivity index (χ2n) is 5.18. The van der Waals surface area contributed by atoms with Crippen molar-refractivity contribution in [3.8, 4) is 5.75 Å². The van der Waals surface area contributed by atoms with Crippen molar-refractivity contribution < 1.29 is 4.74 Å². The molecule has 1 heterocycles. The summed E-state index contributed by atoms with van der Waals surface area (Å²) < 4.78 is 5.62. The van der Waals surface area contributed by atoms with Crippen LogP contribution in [0.5, 0.6) is 5.75 Å². The van der Waals surface area contributed by atoms with Crippen LogP contribution in [-0.2, 0) is 0 Å². The number of likely N-dealkylation sites (N-methyl/N-ethyl adjacent to an activating group) is 1. The monoisotopic (exact) mass is 283 g/mol. The van der Waals surface area contributed by atoms with Crippen molar-refractivity contribution in [2.75, 3.05) is 42.3 Å². The van der Waals surface area contributed by atoms with Gasteiger partial charge in [0.15, 0.2) is 0 Å². The van der Waals surface area contributed by atoms with Gasteiger partial charge in [0.2, 0.25) is 0 Å². The van der Waals surface area contributed by atoms with Crippen LogP contribution in [0.25, 0.3) is 0 Å². The lowest BCUT2D eigenvalue weighted by molar-refractivity contribution is 0.342. The average molecular weight is 283 g/mol. The summed E-state index contributed by atoms with van der Waals surface area (Å²) in [6.45, 7) is 4.47.